The predicted octanol–water partition coefficient (Wildman–Crippen LogP) is 8.96. The number of nitrogens with zero attached hydrogens (tertiary/aromatic N) is 13. The van der Waals surface area contributed by atoms with Crippen molar-refractivity contribution in [3.63, 3.8) is 0 Å². The topological polar surface area (TPSA) is 313 Å². The largest absolute Gasteiger partial charge is 0.483 e. The molecule has 10 heterocycles. The first-order valence-corrected chi connectivity index (χ1v) is 36.1. The van der Waals surface area contributed by atoms with Gasteiger partial charge in [0.15, 0.2) is 0 Å². The van der Waals surface area contributed by atoms with Crippen LogP contribution in [0.5, 0.6) is 0 Å². The minimum absolute atomic E-state index is 0.148. The maximum atomic E-state index is 14.0. The highest BCUT2D eigenvalue weighted by Gasteiger charge is 2.31. The quantitative estimate of drug-likeness (QED) is 0.102. The average Bonchev–Trinajstić information content (AvgIpc) is 1.62. The van der Waals surface area contributed by atoms with Gasteiger partial charge in [0.05, 0.1) is 43.2 Å². The van der Waals surface area contributed by atoms with Crippen LogP contribution < -0.4 is 4.90 Å². The summed E-state index contributed by atoms with van der Waals surface area (Å²) in [6.45, 7) is 5.72. The zero-order chi connectivity index (χ0) is 72.5. The van der Waals surface area contributed by atoms with Crippen LogP contribution in [-0.2, 0) is 63.3 Å². The molecule has 1 fully saturated rings. The summed E-state index contributed by atoms with van der Waals surface area (Å²) in [6, 6.07) is 32.7. The van der Waals surface area contributed by atoms with E-state index in [0.29, 0.717) is 49.9 Å². The van der Waals surface area contributed by atoms with Crippen LogP contribution >= 0.6 is 0 Å². The molecule has 0 aliphatic carbocycles. The number of methoxy groups -OCH3 is 1. The van der Waals surface area contributed by atoms with Crippen LogP contribution in [0.15, 0.2) is 173 Å². The molecule has 530 valence electrons. The highest BCUT2D eigenvalue weighted by molar-refractivity contribution is 7.90. The van der Waals surface area contributed by atoms with Crippen molar-refractivity contribution in [2.45, 2.75) is 46.5 Å². The van der Waals surface area contributed by atoms with Crippen molar-refractivity contribution in [3.05, 3.63) is 187 Å². The van der Waals surface area contributed by atoms with Gasteiger partial charge in [-0.15, -0.1) is 0 Å². The number of likely N-dealkylation sites (N-methyl/N-ethyl adjacent to an activating group) is 3. The summed E-state index contributed by atoms with van der Waals surface area (Å²) in [5, 5.41) is 37.2. The van der Waals surface area contributed by atoms with Gasteiger partial charge >= 0.3 is 0 Å². The molecule has 3 N–H and O–H groups in total. The molecule has 1 unspecified atom stereocenters. The van der Waals surface area contributed by atoms with Crippen molar-refractivity contribution in [3.8, 4) is 0 Å². The second kappa shape index (κ2) is 31.5. The molecule has 31 heteroatoms. The Morgan fingerprint density at radius 2 is 0.911 bits per heavy atom. The third-order valence-electron chi connectivity index (χ3n) is 17.7. The van der Waals surface area contributed by atoms with Gasteiger partial charge in [0, 0.05) is 120 Å². The van der Waals surface area contributed by atoms with Gasteiger partial charge in [-0.3, -0.25) is 19.4 Å². The Kier molecular flexibility index (Phi) is 22.9. The zero-order valence-electron chi connectivity index (χ0n) is 56.0. The van der Waals surface area contributed by atoms with Crippen molar-refractivity contribution < 1.29 is 68.5 Å². The summed E-state index contributed by atoms with van der Waals surface area (Å²) in [4.78, 5) is 38.8. The lowest BCUT2D eigenvalue weighted by Crippen LogP contribution is -2.24. The van der Waals surface area contributed by atoms with Crippen LogP contribution in [0.25, 0.3) is 71.4 Å². The van der Waals surface area contributed by atoms with Crippen LogP contribution in [0.3, 0.4) is 0 Å². The highest BCUT2D eigenvalue weighted by atomic mass is 32.2. The Labute approximate surface area is 581 Å². The number of aryl methyl sites for hydroxylation is 2. The van der Waals surface area contributed by atoms with E-state index in [1.807, 2.05) is 80.1 Å². The first-order valence-electron chi connectivity index (χ1n) is 31.7. The maximum absolute atomic E-state index is 14.0. The predicted molar refractivity (Wildman–Crippen MR) is 381 cm³/mol. The van der Waals surface area contributed by atoms with E-state index in [1.165, 1.54) is 36.4 Å². The van der Waals surface area contributed by atoms with Gasteiger partial charge in [0.1, 0.15) is 28.4 Å². The monoisotopic (exact) mass is 1440 g/mol. The van der Waals surface area contributed by atoms with Gasteiger partial charge in [-0.1, -0.05) is 36.4 Å². The lowest BCUT2D eigenvalue weighted by atomic mass is 10.0. The van der Waals surface area contributed by atoms with Crippen molar-refractivity contribution >= 4 is 127 Å². The molecule has 26 nitrogen and oxygen atoms in total. The number of fused-ring (bicyclic) bond motifs is 5. The number of carboxylic acid groups (broad SMARTS) is 3. The van der Waals surface area contributed by atoms with E-state index in [4.69, 9.17) is 34.4 Å². The van der Waals surface area contributed by atoms with Crippen LogP contribution in [-0.4, -0.2) is 203 Å². The van der Waals surface area contributed by atoms with Gasteiger partial charge in [-0.2, -0.15) is 52.8 Å². The molecule has 15 rings (SSSR count). The van der Waals surface area contributed by atoms with Gasteiger partial charge in [-0.05, 0) is 177 Å². The molecule has 4 aliphatic heterocycles. The Hall–Kier alpha value is -10.3. The highest BCUT2D eigenvalue weighted by Crippen LogP contribution is 2.36. The standard InChI is InChI=1S/C23H27N5O3S.2C22H21FN4O2S.3CH2O2/c1-26-12-8-17(9-13-26)22-23-21(7-4-11-24-23)28(25-22)32(29,30)20-6-3-5-18(15-20)27-14-10-19(16-27)31-2;2*1-25-10-7-16(8-11-25)22-19-13-17(23)4-6-20(19)27(24-22)30(28,29)18-5-3-15-9-12-26(2)21(15)14-18;3*2-1-3/h3-8,11,15,19H,9-10,12-14,16H2,1-2H3;2*3-7,9,12-14H,8,10-11H2,1-2H3;3*1H,(H,2,3). The molecule has 0 bridgehead atoms. The number of aromatic nitrogens is 9. The Morgan fingerprint density at radius 1 is 0.485 bits per heavy atom. The zero-order valence-corrected chi connectivity index (χ0v) is 58.5. The summed E-state index contributed by atoms with van der Waals surface area (Å²) in [5.41, 5.74) is 8.99. The fourth-order valence-corrected chi connectivity index (χ4v) is 16.3. The third-order valence-corrected chi connectivity index (χ3v) is 22.5. The van der Waals surface area contributed by atoms with E-state index in [0.717, 1.165) is 135 Å². The number of halogens is 2. The normalized spacial score (nSPS) is 16.1. The van der Waals surface area contributed by atoms with E-state index in [2.05, 4.69) is 53.0 Å². The number of carbonyl (C=O) groups is 3. The molecule has 5 aromatic carbocycles. The number of hydrogen-bond acceptors (Lipinski definition) is 18. The summed E-state index contributed by atoms with van der Waals surface area (Å²) < 4.78 is 122. The van der Waals surface area contributed by atoms with Gasteiger partial charge in [-0.25, -0.2) is 8.78 Å². The number of pyridine rings is 1. The average molecular weight is 1440 g/mol. The molecule has 0 saturated carbocycles. The van der Waals surface area contributed by atoms with Crippen LogP contribution in [0.4, 0.5) is 14.5 Å². The Balaban J connectivity index is 0.000000154. The van der Waals surface area contributed by atoms with Crippen molar-refractivity contribution in [2.75, 3.05) is 85.5 Å². The van der Waals surface area contributed by atoms with Crippen LogP contribution in [0.1, 0.15) is 42.8 Å². The number of ether oxygens (including phenoxy) is 1. The fourth-order valence-electron chi connectivity index (χ4n) is 12.4. The second-order valence-electron chi connectivity index (χ2n) is 24.2. The molecular weight excluding hydrogens is 1370 g/mol. The van der Waals surface area contributed by atoms with E-state index >= 15 is 0 Å². The summed E-state index contributed by atoms with van der Waals surface area (Å²) in [6.07, 6.45) is 15.0. The second-order valence-corrected chi connectivity index (χ2v) is 29.5. The molecule has 0 amide bonds. The van der Waals surface area contributed by atoms with E-state index in [9.17, 15) is 34.0 Å². The lowest BCUT2D eigenvalue weighted by molar-refractivity contribution is -0.123. The molecule has 11 aromatic rings. The lowest BCUT2D eigenvalue weighted by Gasteiger charge is -2.21. The molecule has 4 aliphatic rings. The molecule has 0 spiro atoms. The first kappa shape index (κ1) is 73.4. The van der Waals surface area contributed by atoms with Crippen LogP contribution in [0.2, 0.25) is 0 Å². The van der Waals surface area contributed by atoms with Gasteiger partial charge < -0.3 is 48.8 Å². The fraction of sp³-hybridized carbons (Fsp3) is 0.271. The molecule has 1 atom stereocenters. The summed E-state index contributed by atoms with van der Waals surface area (Å²) in [7, 11) is -0.257. The molecule has 1 saturated heterocycles. The third kappa shape index (κ3) is 15.7. The molecule has 101 heavy (non-hydrogen) atoms. The number of anilines is 1. The van der Waals surface area contributed by atoms with Crippen molar-refractivity contribution in [2.24, 2.45) is 14.1 Å². The number of rotatable bonds is 11. The van der Waals surface area contributed by atoms with E-state index in [-0.39, 0.29) is 40.2 Å². The van der Waals surface area contributed by atoms with E-state index < -0.39 is 41.7 Å². The minimum Gasteiger partial charge on any atom is -0.483 e. The van der Waals surface area contributed by atoms with Crippen molar-refractivity contribution in [1.29, 1.82) is 0 Å². The van der Waals surface area contributed by atoms with Gasteiger partial charge in [0.25, 0.3) is 49.5 Å². The first-order chi connectivity index (χ1) is 48.4. The SMILES string of the molecule is CN1CC=C(c2nn(S(=O)(=O)c3ccc4ccn(C)c4c3)c3ccc(F)cc23)CC1.CN1CC=C(c2nn(S(=O)(=O)c3ccc4ccn(C)c4c3)c3ccc(F)cc23)CC1.COC1CCN(c2cccc(S(=O)(=O)n3nc(C4=CCN(C)CC4)c4ncccc43)c2)C1.O=CO.O=CO.O=CO. The Morgan fingerprint density at radius 3 is 1.34 bits per heavy atom. The maximum Gasteiger partial charge on any atom is 0.290 e. The van der Waals surface area contributed by atoms with Gasteiger partial charge in [0.2, 0.25) is 0 Å². The van der Waals surface area contributed by atoms with Crippen molar-refractivity contribution in [1.82, 2.24) is 56.4 Å². The minimum atomic E-state index is -3.96. The smallest absolute Gasteiger partial charge is 0.290 e. The number of hydrogen-bond donors (Lipinski definition) is 3. The molecule has 6 aromatic heterocycles. The van der Waals surface area contributed by atoms with E-state index in [1.54, 1.807) is 80.0 Å². The van der Waals surface area contributed by atoms with Crippen LogP contribution in [0, 0.1) is 11.6 Å². The molecular formula is C70H75F2N13O13S3. The number of benzene rings is 5. The summed E-state index contributed by atoms with van der Waals surface area (Å²) in [5.74, 6) is -0.834. The molecule has 0 radical (unpaired) electrons. The Bertz CT molecular complexity index is 5120. The summed E-state index contributed by atoms with van der Waals surface area (Å²) >= 11 is 0.